The molecule has 3 rings (SSSR count). The standard InChI is InChI=1S/C15H15ClF2N2O.ClH/c16-10-3-4-11(17)13(14(10)18)15(12-2-1-9-21-12)20-7-5-19-6-8-20;/h1-4,9,15,19H,5-8H2;1H/t15-;/m0./s1. The molecule has 7 heteroatoms. The number of piperazine rings is 1. The normalized spacial score (nSPS) is 17.0. The predicted octanol–water partition coefficient (Wildman–Crippen LogP) is 3.63. The average Bonchev–Trinajstić information content (AvgIpc) is 3.02. The first kappa shape index (κ1) is 17.2. The summed E-state index contributed by atoms with van der Waals surface area (Å²) in [5, 5.41) is 3.14. The van der Waals surface area contributed by atoms with E-state index in [2.05, 4.69) is 5.32 Å². The zero-order valence-corrected chi connectivity index (χ0v) is 13.3. The molecular formula is C15H16Cl2F2N2O. The summed E-state index contributed by atoms with van der Waals surface area (Å²) < 4.78 is 34.1. The molecule has 0 radical (unpaired) electrons. The summed E-state index contributed by atoms with van der Waals surface area (Å²) in [7, 11) is 0. The molecule has 120 valence electrons. The number of hydrogen-bond donors (Lipinski definition) is 1. The summed E-state index contributed by atoms with van der Waals surface area (Å²) >= 11 is 5.83. The molecule has 0 bridgehead atoms. The third-order valence-corrected chi connectivity index (χ3v) is 3.97. The van der Waals surface area contributed by atoms with E-state index in [0.29, 0.717) is 18.8 Å². The van der Waals surface area contributed by atoms with Crippen LogP contribution in [0, 0.1) is 11.6 Å². The Balaban J connectivity index is 0.00000176. The van der Waals surface area contributed by atoms with Gasteiger partial charge in [0.05, 0.1) is 17.3 Å². The van der Waals surface area contributed by atoms with Crippen molar-refractivity contribution < 1.29 is 13.2 Å². The topological polar surface area (TPSA) is 28.4 Å². The molecule has 2 aromatic rings. The number of halogens is 4. The average molecular weight is 349 g/mol. The van der Waals surface area contributed by atoms with Crippen molar-refractivity contribution in [2.45, 2.75) is 6.04 Å². The van der Waals surface area contributed by atoms with Crippen molar-refractivity contribution in [1.82, 2.24) is 10.2 Å². The summed E-state index contributed by atoms with van der Waals surface area (Å²) in [6, 6.07) is 5.25. The maximum atomic E-state index is 14.4. The molecular weight excluding hydrogens is 333 g/mol. The Bertz CT molecular complexity index is 616. The Morgan fingerprint density at radius 1 is 1.18 bits per heavy atom. The molecule has 3 nitrogen and oxygen atoms in total. The third kappa shape index (κ3) is 3.27. The highest BCUT2D eigenvalue weighted by molar-refractivity contribution is 6.30. The Morgan fingerprint density at radius 2 is 1.91 bits per heavy atom. The number of furan rings is 1. The molecule has 1 fully saturated rings. The second-order valence-electron chi connectivity index (χ2n) is 4.96. The Labute approximate surface area is 138 Å². The van der Waals surface area contributed by atoms with Crippen LogP contribution in [0.25, 0.3) is 0 Å². The van der Waals surface area contributed by atoms with E-state index in [9.17, 15) is 8.78 Å². The van der Waals surface area contributed by atoms with Crippen molar-refractivity contribution in [3.8, 4) is 0 Å². The van der Waals surface area contributed by atoms with Gasteiger partial charge in [-0.25, -0.2) is 8.78 Å². The van der Waals surface area contributed by atoms with Gasteiger partial charge in [0.15, 0.2) is 0 Å². The lowest BCUT2D eigenvalue weighted by atomic mass is 10.0. The Morgan fingerprint density at radius 3 is 2.55 bits per heavy atom. The minimum atomic E-state index is -0.725. The number of nitrogens with one attached hydrogen (secondary N) is 1. The van der Waals surface area contributed by atoms with Crippen LogP contribution in [-0.2, 0) is 0 Å². The molecule has 1 saturated heterocycles. The van der Waals surface area contributed by atoms with Crippen molar-refractivity contribution in [3.63, 3.8) is 0 Å². The Hall–Kier alpha value is -1.14. The minimum absolute atomic E-state index is 0. The summed E-state index contributed by atoms with van der Waals surface area (Å²) in [4.78, 5) is 1.99. The van der Waals surface area contributed by atoms with Gasteiger partial charge in [-0.15, -0.1) is 12.4 Å². The fraction of sp³-hybridized carbons (Fsp3) is 0.333. The quantitative estimate of drug-likeness (QED) is 0.858. The van der Waals surface area contributed by atoms with Crippen LogP contribution in [0.3, 0.4) is 0 Å². The number of benzene rings is 1. The van der Waals surface area contributed by atoms with Gasteiger partial charge in [-0.2, -0.15) is 0 Å². The summed E-state index contributed by atoms with van der Waals surface area (Å²) in [6.07, 6.45) is 1.50. The fourth-order valence-electron chi connectivity index (χ4n) is 2.69. The predicted molar refractivity (Wildman–Crippen MR) is 83.6 cm³/mol. The van der Waals surface area contributed by atoms with Gasteiger partial charge in [0.2, 0.25) is 0 Å². The van der Waals surface area contributed by atoms with E-state index in [1.54, 1.807) is 12.1 Å². The number of rotatable bonds is 3. The summed E-state index contributed by atoms with van der Waals surface area (Å²) in [5.74, 6) is -0.828. The van der Waals surface area contributed by atoms with E-state index in [-0.39, 0.29) is 23.0 Å². The minimum Gasteiger partial charge on any atom is -0.467 e. The largest absolute Gasteiger partial charge is 0.467 e. The number of nitrogens with zero attached hydrogens (tertiary/aromatic N) is 1. The van der Waals surface area contributed by atoms with Crippen LogP contribution in [0.15, 0.2) is 34.9 Å². The molecule has 0 spiro atoms. The van der Waals surface area contributed by atoms with Gasteiger partial charge in [0.1, 0.15) is 17.4 Å². The highest BCUT2D eigenvalue weighted by Gasteiger charge is 2.31. The molecule has 0 aliphatic carbocycles. The molecule has 1 aliphatic heterocycles. The molecule has 1 aromatic carbocycles. The molecule has 1 aromatic heterocycles. The van der Waals surface area contributed by atoms with Gasteiger partial charge < -0.3 is 9.73 Å². The van der Waals surface area contributed by atoms with Gasteiger partial charge in [0.25, 0.3) is 0 Å². The number of hydrogen-bond acceptors (Lipinski definition) is 3. The van der Waals surface area contributed by atoms with E-state index in [1.165, 1.54) is 18.4 Å². The molecule has 0 amide bonds. The van der Waals surface area contributed by atoms with E-state index >= 15 is 0 Å². The van der Waals surface area contributed by atoms with Crippen LogP contribution in [0.5, 0.6) is 0 Å². The molecule has 1 atom stereocenters. The van der Waals surface area contributed by atoms with Crippen molar-refractivity contribution in [2.24, 2.45) is 0 Å². The highest BCUT2D eigenvalue weighted by atomic mass is 35.5. The van der Waals surface area contributed by atoms with Crippen LogP contribution < -0.4 is 5.32 Å². The van der Waals surface area contributed by atoms with Gasteiger partial charge in [-0.1, -0.05) is 11.6 Å². The molecule has 22 heavy (non-hydrogen) atoms. The second-order valence-corrected chi connectivity index (χ2v) is 5.37. The second kappa shape index (κ2) is 7.42. The van der Waals surface area contributed by atoms with Gasteiger partial charge in [0, 0.05) is 31.7 Å². The van der Waals surface area contributed by atoms with Gasteiger partial charge in [-0.05, 0) is 24.3 Å². The smallest absolute Gasteiger partial charge is 0.149 e. The van der Waals surface area contributed by atoms with Crippen LogP contribution >= 0.6 is 24.0 Å². The van der Waals surface area contributed by atoms with Crippen molar-refractivity contribution in [1.29, 1.82) is 0 Å². The molecule has 0 unspecified atom stereocenters. The van der Waals surface area contributed by atoms with Crippen LogP contribution in [0.2, 0.25) is 5.02 Å². The first-order chi connectivity index (χ1) is 10.2. The zero-order valence-electron chi connectivity index (χ0n) is 11.7. The van der Waals surface area contributed by atoms with Gasteiger partial charge in [-0.3, -0.25) is 4.90 Å². The first-order valence-electron chi connectivity index (χ1n) is 6.80. The van der Waals surface area contributed by atoms with Crippen LogP contribution in [0.4, 0.5) is 8.78 Å². The first-order valence-corrected chi connectivity index (χ1v) is 7.18. The van der Waals surface area contributed by atoms with Gasteiger partial charge >= 0.3 is 0 Å². The maximum Gasteiger partial charge on any atom is 0.149 e. The summed E-state index contributed by atoms with van der Waals surface area (Å²) in [6.45, 7) is 2.88. The monoisotopic (exact) mass is 348 g/mol. The zero-order chi connectivity index (χ0) is 14.8. The van der Waals surface area contributed by atoms with Crippen molar-refractivity contribution in [3.05, 3.63) is 58.5 Å². The van der Waals surface area contributed by atoms with E-state index in [4.69, 9.17) is 16.0 Å². The maximum absolute atomic E-state index is 14.4. The highest BCUT2D eigenvalue weighted by Crippen LogP contribution is 2.35. The fourth-order valence-corrected chi connectivity index (χ4v) is 2.85. The lowest BCUT2D eigenvalue weighted by molar-refractivity contribution is 0.173. The SMILES string of the molecule is Cl.Fc1ccc(Cl)c(F)c1[C@H](c1ccco1)N1CCNCC1. The molecule has 0 saturated carbocycles. The van der Waals surface area contributed by atoms with E-state index in [0.717, 1.165) is 13.1 Å². The Kier molecular flexibility index (Phi) is 5.81. The van der Waals surface area contributed by atoms with E-state index in [1.807, 2.05) is 4.90 Å². The van der Waals surface area contributed by atoms with Crippen molar-refractivity contribution in [2.75, 3.05) is 26.2 Å². The van der Waals surface area contributed by atoms with Crippen molar-refractivity contribution >= 4 is 24.0 Å². The van der Waals surface area contributed by atoms with Crippen LogP contribution in [0.1, 0.15) is 17.4 Å². The third-order valence-electron chi connectivity index (χ3n) is 3.68. The summed E-state index contributed by atoms with van der Waals surface area (Å²) in [5.41, 5.74) is -0.0562. The molecule has 2 heterocycles. The molecule has 1 N–H and O–H groups in total. The molecule has 1 aliphatic rings. The lowest BCUT2D eigenvalue weighted by Crippen LogP contribution is -2.45. The van der Waals surface area contributed by atoms with Crippen LogP contribution in [-0.4, -0.2) is 31.1 Å². The lowest BCUT2D eigenvalue weighted by Gasteiger charge is -2.34. The van der Waals surface area contributed by atoms with E-state index < -0.39 is 17.7 Å².